The van der Waals surface area contributed by atoms with Crippen LogP contribution in [0.15, 0.2) is 24.3 Å². The van der Waals surface area contributed by atoms with E-state index in [0.29, 0.717) is 5.92 Å². The van der Waals surface area contributed by atoms with Crippen LogP contribution in [0, 0.1) is 27.4 Å². The van der Waals surface area contributed by atoms with Crippen molar-refractivity contribution in [1.29, 1.82) is 5.26 Å². The Balaban J connectivity index is 2.33. The van der Waals surface area contributed by atoms with Crippen LogP contribution in [0.4, 0.5) is 5.69 Å². The maximum Gasteiger partial charge on any atom is 0.269 e. The number of nitro groups is 1. The normalized spacial score (nSPS) is 28.1. The number of hydrogen-bond acceptors (Lipinski definition) is 3. The lowest BCUT2D eigenvalue weighted by molar-refractivity contribution is -0.384. The van der Waals surface area contributed by atoms with Gasteiger partial charge in [0.2, 0.25) is 0 Å². The molecular formula is C11H10N2O2. The zero-order valence-electron chi connectivity index (χ0n) is 8.30. The standard InChI is InChI=1S/C11H10N2O2/c1-8-6-11(8,7-12)9-2-4-10(5-3-9)13(14)15/h2-5,8H,6H2,1H3. The van der Waals surface area contributed by atoms with Gasteiger partial charge < -0.3 is 0 Å². The van der Waals surface area contributed by atoms with E-state index in [-0.39, 0.29) is 5.69 Å². The van der Waals surface area contributed by atoms with Gasteiger partial charge in [0.25, 0.3) is 5.69 Å². The minimum atomic E-state index is -0.431. The SMILES string of the molecule is CC1CC1(C#N)c1ccc([N+](=O)[O-])cc1. The molecule has 4 nitrogen and oxygen atoms in total. The molecule has 1 aromatic rings. The Morgan fingerprint density at radius 3 is 2.40 bits per heavy atom. The van der Waals surface area contributed by atoms with Crippen molar-refractivity contribution in [2.75, 3.05) is 0 Å². The molecule has 0 heterocycles. The third-order valence-electron chi connectivity index (χ3n) is 3.10. The largest absolute Gasteiger partial charge is 0.269 e. The van der Waals surface area contributed by atoms with Gasteiger partial charge in [0, 0.05) is 12.1 Å². The first kappa shape index (κ1) is 9.66. The lowest BCUT2D eigenvalue weighted by Gasteiger charge is -2.06. The van der Waals surface area contributed by atoms with Crippen LogP contribution >= 0.6 is 0 Å². The van der Waals surface area contributed by atoms with E-state index >= 15 is 0 Å². The molecule has 0 amide bonds. The average Bonchev–Trinajstić information content (AvgIpc) is 2.91. The second-order valence-electron chi connectivity index (χ2n) is 3.99. The minimum Gasteiger partial charge on any atom is -0.258 e. The van der Waals surface area contributed by atoms with Crippen molar-refractivity contribution in [3.05, 3.63) is 39.9 Å². The number of rotatable bonds is 2. The lowest BCUT2D eigenvalue weighted by atomic mass is 9.95. The second kappa shape index (κ2) is 3.06. The smallest absolute Gasteiger partial charge is 0.258 e. The van der Waals surface area contributed by atoms with Crippen molar-refractivity contribution in [2.24, 2.45) is 5.92 Å². The molecule has 0 saturated heterocycles. The van der Waals surface area contributed by atoms with Crippen molar-refractivity contribution in [3.63, 3.8) is 0 Å². The first-order valence-electron chi connectivity index (χ1n) is 4.76. The van der Waals surface area contributed by atoms with Gasteiger partial charge in [-0.2, -0.15) is 5.26 Å². The van der Waals surface area contributed by atoms with E-state index < -0.39 is 10.3 Å². The van der Waals surface area contributed by atoms with Gasteiger partial charge in [-0.25, -0.2) is 0 Å². The quantitative estimate of drug-likeness (QED) is 0.546. The molecular weight excluding hydrogens is 192 g/mol. The van der Waals surface area contributed by atoms with Crippen LogP contribution in [-0.4, -0.2) is 4.92 Å². The zero-order valence-corrected chi connectivity index (χ0v) is 8.30. The molecule has 0 radical (unpaired) electrons. The maximum absolute atomic E-state index is 10.5. The highest BCUT2D eigenvalue weighted by atomic mass is 16.6. The zero-order chi connectivity index (χ0) is 11.1. The third kappa shape index (κ3) is 1.37. The van der Waals surface area contributed by atoms with Crippen molar-refractivity contribution in [1.82, 2.24) is 0 Å². The summed E-state index contributed by atoms with van der Waals surface area (Å²) < 4.78 is 0. The number of non-ortho nitro benzene ring substituents is 1. The van der Waals surface area contributed by atoms with Crippen LogP contribution < -0.4 is 0 Å². The molecule has 2 unspecified atom stereocenters. The first-order valence-corrected chi connectivity index (χ1v) is 4.76. The molecule has 0 N–H and O–H groups in total. The summed E-state index contributed by atoms with van der Waals surface area (Å²) in [5.41, 5.74) is 0.568. The molecule has 2 rings (SSSR count). The van der Waals surface area contributed by atoms with Gasteiger partial charge in [0.05, 0.1) is 16.4 Å². The van der Waals surface area contributed by atoms with Gasteiger partial charge in [0.15, 0.2) is 0 Å². The molecule has 1 fully saturated rings. The highest BCUT2D eigenvalue weighted by molar-refractivity contribution is 5.44. The fraction of sp³-hybridized carbons (Fsp3) is 0.364. The Morgan fingerprint density at radius 1 is 1.53 bits per heavy atom. The molecule has 0 aliphatic heterocycles. The summed E-state index contributed by atoms with van der Waals surface area (Å²) in [6, 6.07) is 8.58. The van der Waals surface area contributed by atoms with Crippen LogP contribution in [-0.2, 0) is 5.41 Å². The molecule has 1 aliphatic carbocycles. The van der Waals surface area contributed by atoms with E-state index in [1.54, 1.807) is 12.1 Å². The summed E-state index contributed by atoms with van der Waals surface area (Å²) in [5, 5.41) is 19.5. The Labute approximate surface area is 87.3 Å². The lowest BCUT2D eigenvalue weighted by Crippen LogP contribution is -2.05. The fourth-order valence-electron chi connectivity index (χ4n) is 1.93. The number of nitro benzene ring substituents is 1. The van der Waals surface area contributed by atoms with Gasteiger partial charge >= 0.3 is 0 Å². The average molecular weight is 202 g/mol. The van der Waals surface area contributed by atoms with E-state index in [9.17, 15) is 10.1 Å². The van der Waals surface area contributed by atoms with Gasteiger partial charge in [-0.1, -0.05) is 19.1 Å². The summed E-state index contributed by atoms with van der Waals surface area (Å²) in [4.78, 5) is 10.0. The van der Waals surface area contributed by atoms with Gasteiger partial charge in [-0.15, -0.1) is 0 Å². The van der Waals surface area contributed by atoms with E-state index in [1.807, 2.05) is 6.92 Å². The van der Waals surface area contributed by atoms with Crippen LogP contribution in [0.5, 0.6) is 0 Å². The summed E-state index contributed by atoms with van der Waals surface area (Å²) in [7, 11) is 0. The van der Waals surface area contributed by atoms with Gasteiger partial charge in [-0.3, -0.25) is 10.1 Å². The molecule has 0 aromatic heterocycles. The molecule has 0 spiro atoms. The Kier molecular flexibility index (Phi) is 1.97. The minimum absolute atomic E-state index is 0.0696. The van der Waals surface area contributed by atoms with E-state index in [0.717, 1.165) is 12.0 Å². The van der Waals surface area contributed by atoms with Crippen molar-refractivity contribution >= 4 is 5.69 Å². The topological polar surface area (TPSA) is 66.9 Å². The molecule has 4 heteroatoms. The summed E-state index contributed by atoms with van der Waals surface area (Å²) in [5.74, 6) is 0.351. The van der Waals surface area contributed by atoms with Crippen molar-refractivity contribution < 1.29 is 4.92 Å². The number of nitrogens with zero attached hydrogens (tertiary/aromatic N) is 2. The molecule has 15 heavy (non-hydrogen) atoms. The van der Waals surface area contributed by atoms with E-state index in [2.05, 4.69) is 6.07 Å². The second-order valence-corrected chi connectivity index (χ2v) is 3.99. The molecule has 76 valence electrons. The van der Waals surface area contributed by atoms with Crippen LogP contribution in [0.1, 0.15) is 18.9 Å². The van der Waals surface area contributed by atoms with Crippen LogP contribution in [0.3, 0.4) is 0 Å². The number of hydrogen-bond donors (Lipinski definition) is 0. The Hall–Kier alpha value is -1.89. The summed E-state index contributed by atoms with van der Waals surface area (Å²) >= 11 is 0. The van der Waals surface area contributed by atoms with Crippen LogP contribution in [0.25, 0.3) is 0 Å². The highest BCUT2D eigenvalue weighted by Gasteiger charge is 2.53. The molecule has 1 saturated carbocycles. The molecule has 1 aromatic carbocycles. The first-order chi connectivity index (χ1) is 7.10. The van der Waals surface area contributed by atoms with E-state index in [1.165, 1.54) is 12.1 Å². The number of benzene rings is 1. The summed E-state index contributed by atoms with van der Waals surface area (Å²) in [6.07, 6.45) is 0.849. The Bertz CT molecular complexity index is 447. The maximum atomic E-state index is 10.5. The van der Waals surface area contributed by atoms with Crippen molar-refractivity contribution in [2.45, 2.75) is 18.8 Å². The highest BCUT2D eigenvalue weighted by Crippen LogP contribution is 2.53. The predicted molar refractivity (Wildman–Crippen MR) is 54.2 cm³/mol. The third-order valence-corrected chi connectivity index (χ3v) is 3.10. The Morgan fingerprint density at radius 2 is 2.07 bits per heavy atom. The number of nitriles is 1. The molecule has 1 aliphatic rings. The van der Waals surface area contributed by atoms with Crippen molar-refractivity contribution in [3.8, 4) is 6.07 Å². The predicted octanol–water partition coefficient (Wildman–Crippen LogP) is 2.40. The summed E-state index contributed by atoms with van der Waals surface area (Å²) in [6.45, 7) is 2.02. The molecule has 2 atom stereocenters. The van der Waals surface area contributed by atoms with Gasteiger partial charge in [-0.05, 0) is 17.9 Å². The fourth-order valence-corrected chi connectivity index (χ4v) is 1.93. The molecule has 0 bridgehead atoms. The van der Waals surface area contributed by atoms with E-state index in [4.69, 9.17) is 5.26 Å². The van der Waals surface area contributed by atoms with Crippen LogP contribution in [0.2, 0.25) is 0 Å². The van der Waals surface area contributed by atoms with Gasteiger partial charge in [0.1, 0.15) is 0 Å². The monoisotopic (exact) mass is 202 g/mol.